The van der Waals surface area contributed by atoms with E-state index in [1.165, 1.54) is 0 Å². The van der Waals surface area contributed by atoms with Gasteiger partial charge in [0.05, 0.1) is 19.5 Å². The number of methoxy groups -OCH3 is 1. The van der Waals surface area contributed by atoms with E-state index in [2.05, 4.69) is 10.3 Å². The average molecular weight is 496 g/mol. The van der Waals surface area contributed by atoms with Gasteiger partial charge in [0.25, 0.3) is 0 Å². The zero-order chi connectivity index (χ0) is 25.8. The standard InChI is InChI=1S/C29H29N5O3/c1-3-8-26(35)34(22-9-5-4-6-10-22)29-31-18-21-17-30-19-33(28(21)32-29)25-12-7-11-24(27(25)36)20-13-15-23(37-2)16-14-20/h4-7,9-16,18,25,30H,3,8,17,19H2,1-2H3. The predicted octanol–water partition coefficient (Wildman–Crippen LogP) is 4.41. The highest BCUT2D eigenvalue weighted by molar-refractivity contribution is 6.26. The molecule has 37 heavy (non-hydrogen) atoms. The third kappa shape index (κ3) is 4.88. The maximum atomic E-state index is 13.7. The Morgan fingerprint density at radius 2 is 1.95 bits per heavy atom. The van der Waals surface area contributed by atoms with Gasteiger partial charge in [-0.2, -0.15) is 4.98 Å². The normalized spacial score (nSPS) is 16.7. The second-order valence-corrected chi connectivity index (χ2v) is 8.89. The van der Waals surface area contributed by atoms with Crippen molar-refractivity contribution in [3.63, 3.8) is 0 Å². The summed E-state index contributed by atoms with van der Waals surface area (Å²) in [5, 5.41) is 3.35. The molecule has 0 fully saturated rings. The number of hydrogen-bond acceptors (Lipinski definition) is 7. The third-order valence-electron chi connectivity index (χ3n) is 6.45. The Morgan fingerprint density at radius 1 is 1.16 bits per heavy atom. The van der Waals surface area contributed by atoms with Crippen molar-refractivity contribution in [1.29, 1.82) is 0 Å². The number of fused-ring (bicyclic) bond motifs is 1. The van der Waals surface area contributed by atoms with Crippen LogP contribution in [-0.2, 0) is 16.1 Å². The molecule has 0 spiro atoms. The topological polar surface area (TPSA) is 87.7 Å². The minimum absolute atomic E-state index is 0.0237. The van der Waals surface area contributed by atoms with Crippen molar-refractivity contribution in [2.75, 3.05) is 23.6 Å². The van der Waals surface area contributed by atoms with Crippen LogP contribution in [0.25, 0.3) is 5.57 Å². The van der Waals surface area contributed by atoms with Gasteiger partial charge >= 0.3 is 0 Å². The number of nitrogens with one attached hydrogen (secondary N) is 1. The molecule has 1 atom stereocenters. The summed E-state index contributed by atoms with van der Waals surface area (Å²) in [6.07, 6.45) is 8.45. The van der Waals surface area contributed by atoms with E-state index in [1.807, 2.05) is 84.6 Å². The summed E-state index contributed by atoms with van der Waals surface area (Å²) in [6, 6.07) is 16.3. The van der Waals surface area contributed by atoms with E-state index >= 15 is 0 Å². The van der Waals surface area contributed by atoms with E-state index in [9.17, 15) is 9.59 Å². The van der Waals surface area contributed by atoms with Crippen LogP contribution in [0.1, 0.15) is 30.9 Å². The van der Waals surface area contributed by atoms with E-state index in [0.717, 1.165) is 16.9 Å². The molecule has 3 aromatic rings. The lowest BCUT2D eigenvalue weighted by atomic mass is 9.92. The first kappa shape index (κ1) is 24.4. The highest BCUT2D eigenvalue weighted by atomic mass is 16.5. The van der Waals surface area contributed by atoms with Crippen LogP contribution in [0.3, 0.4) is 0 Å². The molecule has 2 heterocycles. The fourth-order valence-electron chi connectivity index (χ4n) is 4.60. The molecule has 8 nitrogen and oxygen atoms in total. The monoisotopic (exact) mass is 495 g/mol. The number of amides is 1. The molecule has 1 amide bonds. The Morgan fingerprint density at radius 3 is 2.68 bits per heavy atom. The average Bonchev–Trinajstić information content (AvgIpc) is 2.94. The summed E-state index contributed by atoms with van der Waals surface area (Å²) in [5.41, 5.74) is 3.03. The summed E-state index contributed by atoms with van der Waals surface area (Å²) in [7, 11) is 1.62. The fraction of sp³-hybridized carbons (Fsp3) is 0.241. The quantitative estimate of drug-likeness (QED) is 0.520. The number of aromatic nitrogens is 2. The van der Waals surface area contributed by atoms with Crippen LogP contribution in [0, 0.1) is 0 Å². The molecule has 2 aliphatic rings. The number of hydrogen-bond donors (Lipinski definition) is 1. The maximum Gasteiger partial charge on any atom is 0.238 e. The van der Waals surface area contributed by atoms with Crippen molar-refractivity contribution in [2.45, 2.75) is 32.4 Å². The van der Waals surface area contributed by atoms with Crippen molar-refractivity contribution in [3.05, 3.63) is 90.1 Å². The van der Waals surface area contributed by atoms with Crippen LogP contribution < -0.4 is 19.9 Å². The second kappa shape index (κ2) is 10.8. The Hall–Kier alpha value is -4.30. The summed E-state index contributed by atoms with van der Waals surface area (Å²) in [6.45, 7) is 2.98. The molecule has 1 aliphatic heterocycles. The molecule has 2 aromatic carbocycles. The van der Waals surface area contributed by atoms with Gasteiger partial charge in [0.1, 0.15) is 17.6 Å². The van der Waals surface area contributed by atoms with E-state index in [4.69, 9.17) is 9.72 Å². The zero-order valence-electron chi connectivity index (χ0n) is 20.9. The van der Waals surface area contributed by atoms with Gasteiger partial charge in [-0.25, -0.2) is 9.88 Å². The molecule has 0 saturated carbocycles. The number of Topliss-reactive ketones (excluding diaryl/α,β-unsaturated/α-hetero) is 1. The minimum atomic E-state index is -0.548. The van der Waals surface area contributed by atoms with E-state index in [0.29, 0.717) is 49.1 Å². The number of nitrogens with zero attached hydrogens (tertiary/aromatic N) is 4. The lowest BCUT2D eigenvalue weighted by molar-refractivity contribution is -0.118. The number of anilines is 3. The molecule has 1 aliphatic carbocycles. The number of ketones is 1. The Kier molecular flexibility index (Phi) is 7.09. The third-order valence-corrected chi connectivity index (χ3v) is 6.45. The highest BCUT2D eigenvalue weighted by Crippen LogP contribution is 2.32. The molecule has 1 unspecified atom stereocenters. The van der Waals surface area contributed by atoms with Gasteiger partial charge in [0.15, 0.2) is 5.78 Å². The molecule has 1 aromatic heterocycles. The van der Waals surface area contributed by atoms with E-state index in [1.54, 1.807) is 18.2 Å². The Labute approximate surface area is 216 Å². The van der Waals surface area contributed by atoms with Gasteiger partial charge in [0.2, 0.25) is 11.9 Å². The second-order valence-electron chi connectivity index (χ2n) is 8.89. The first-order valence-electron chi connectivity index (χ1n) is 12.4. The van der Waals surface area contributed by atoms with Crippen LogP contribution in [0.4, 0.5) is 17.5 Å². The van der Waals surface area contributed by atoms with Crippen molar-refractivity contribution in [1.82, 2.24) is 15.3 Å². The summed E-state index contributed by atoms with van der Waals surface area (Å²) in [5.74, 6) is 1.58. The number of carbonyl (C=O) groups excluding carboxylic acids is 2. The number of carbonyl (C=O) groups is 2. The molecule has 8 heteroatoms. The minimum Gasteiger partial charge on any atom is -0.497 e. The first-order chi connectivity index (χ1) is 18.1. The van der Waals surface area contributed by atoms with Crippen LogP contribution in [-0.4, -0.2) is 41.5 Å². The summed E-state index contributed by atoms with van der Waals surface area (Å²) >= 11 is 0. The molecule has 1 N–H and O–H groups in total. The number of para-hydroxylation sites is 1. The maximum absolute atomic E-state index is 13.7. The number of allylic oxidation sites excluding steroid dienone is 2. The van der Waals surface area contributed by atoms with Crippen LogP contribution in [0.15, 0.2) is 79.0 Å². The molecular formula is C29H29N5O3. The Bertz CT molecular complexity index is 1350. The molecular weight excluding hydrogens is 466 g/mol. The SMILES string of the molecule is CCCC(=O)N(c1ccccc1)c1ncc2c(n1)N(C1C=CC=C(c3ccc(OC)cc3)C1=O)CNC2. The Balaban J connectivity index is 1.49. The zero-order valence-corrected chi connectivity index (χ0v) is 20.9. The lowest BCUT2D eigenvalue weighted by Crippen LogP contribution is -2.49. The first-order valence-corrected chi connectivity index (χ1v) is 12.4. The largest absolute Gasteiger partial charge is 0.497 e. The highest BCUT2D eigenvalue weighted by Gasteiger charge is 2.33. The van der Waals surface area contributed by atoms with Gasteiger partial charge in [-0.1, -0.05) is 55.5 Å². The van der Waals surface area contributed by atoms with Crippen molar-refractivity contribution in [2.24, 2.45) is 0 Å². The van der Waals surface area contributed by atoms with Crippen molar-refractivity contribution >= 4 is 34.7 Å². The van der Waals surface area contributed by atoms with Gasteiger partial charge in [-0.05, 0) is 36.2 Å². The van der Waals surface area contributed by atoms with Gasteiger partial charge in [-0.3, -0.25) is 14.9 Å². The van der Waals surface area contributed by atoms with Gasteiger partial charge in [0, 0.05) is 30.3 Å². The van der Waals surface area contributed by atoms with Crippen LogP contribution >= 0.6 is 0 Å². The van der Waals surface area contributed by atoms with Gasteiger partial charge < -0.3 is 9.64 Å². The van der Waals surface area contributed by atoms with Crippen molar-refractivity contribution < 1.29 is 14.3 Å². The number of ether oxygens (including phenoxy) is 1. The number of benzene rings is 2. The van der Waals surface area contributed by atoms with E-state index < -0.39 is 6.04 Å². The van der Waals surface area contributed by atoms with E-state index in [-0.39, 0.29) is 11.7 Å². The molecule has 0 bridgehead atoms. The number of rotatable bonds is 7. The molecule has 188 valence electrons. The summed E-state index contributed by atoms with van der Waals surface area (Å²) < 4.78 is 5.26. The molecule has 0 radical (unpaired) electrons. The smallest absolute Gasteiger partial charge is 0.238 e. The lowest BCUT2D eigenvalue weighted by Gasteiger charge is -2.36. The van der Waals surface area contributed by atoms with Crippen LogP contribution in [0.5, 0.6) is 5.75 Å². The van der Waals surface area contributed by atoms with Crippen molar-refractivity contribution in [3.8, 4) is 5.75 Å². The van der Waals surface area contributed by atoms with Crippen LogP contribution in [0.2, 0.25) is 0 Å². The fourth-order valence-corrected chi connectivity index (χ4v) is 4.60. The van der Waals surface area contributed by atoms with Gasteiger partial charge in [-0.15, -0.1) is 0 Å². The molecule has 0 saturated heterocycles. The summed E-state index contributed by atoms with van der Waals surface area (Å²) in [4.78, 5) is 39.7. The molecule has 5 rings (SSSR count). The predicted molar refractivity (Wildman–Crippen MR) is 144 cm³/mol.